The molecule has 0 saturated heterocycles. The summed E-state index contributed by atoms with van der Waals surface area (Å²) in [6, 6.07) is 15.9. The number of carbonyl (C=O) groups excluding carboxylic acids is 1. The van der Waals surface area contributed by atoms with Crippen LogP contribution in [0.4, 0.5) is 5.13 Å². The van der Waals surface area contributed by atoms with Gasteiger partial charge in [0.05, 0.1) is 19.0 Å². The second kappa shape index (κ2) is 9.84. The van der Waals surface area contributed by atoms with E-state index in [1.807, 2.05) is 31.2 Å². The topological polar surface area (TPSA) is 72.8 Å². The van der Waals surface area contributed by atoms with E-state index in [2.05, 4.69) is 46.7 Å². The van der Waals surface area contributed by atoms with E-state index >= 15 is 0 Å². The molecule has 150 valence electrons. The lowest BCUT2D eigenvalue weighted by atomic mass is 10.1. The lowest BCUT2D eigenvalue weighted by Gasteiger charge is -2.09. The summed E-state index contributed by atoms with van der Waals surface area (Å²) in [6.45, 7) is 4.48. The minimum Gasteiger partial charge on any atom is -0.488 e. The lowest BCUT2D eigenvalue weighted by molar-refractivity contribution is 0.0605. The van der Waals surface area contributed by atoms with Crippen LogP contribution >= 0.6 is 11.3 Å². The number of hydrogen-bond donors (Lipinski definition) is 1. The number of esters is 1. The van der Waals surface area contributed by atoms with Crippen LogP contribution in [0.1, 0.15) is 39.0 Å². The second-order valence-electron chi connectivity index (χ2n) is 6.32. The number of carbonyl (C=O) groups is 1. The Morgan fingerprint density at radius 3 is 2.69 bits per heavy atom. The number of nitrogens with zero attached hydrogens (tertiary/aromatic N) is 2. The Morgan fingerprint density at radius 2 is 1.97 bits per heavy atom. The zero-order valence-electron chi connectivity index (χ0n) is 16.6. The van der Waals surface area contributed by atoms with Gasteiger partial charge in [-0.25, -0.2) is 9.78 Å². The van der Waals surface area contributed by atoms with Gasteiger partial charge in [0.15, 0.2) is 0 Å². The van der Waals surface area contributed by atoms with Crippen molar-refractivity contribution in [1.82, 2.24) is 4.98 Å². The van der Waals surface area contributed by atoms with E-state index in [1.54, 1.807) is 6.21 Å². The van der Waals surface area contributed by atoms with E-state index in [-0.39, 0.29) is 5.97 Å². The first-order valence-electron chi connectivity index (χ1n) is 9.25. The molecule has 0 aliphatic rings. The van der Waals surface area contributed by atoms with Crippen molar-refractivity contribution in [2.75, 3.05) is 12.5 Å². The number of nitrogens with one attached hydrogen (secondary N) is 1. The number of anilines is 1. The molecule has 0 spiro atoms. The Bertz CT molecular complexity index is 997. The van der Waals surface area contributed by atoms with Crippen molar-refractivity contribution in [2.24, 2.45) is 5.10 Å². The van der Waals surface area contributed by atoms with Gasteiger partial charge in [-0.3, -0.25) is 5.43 Å². The fourth-order valence-corrected chi connectivity index (χ4v) is 3.53. The van der Waals surface area contributed by atoms with E-state index in [1.165, 1.54) is 24.0 Å². The van der Waals surface area contributed by atoms with Crippen LogP contribution in [0.3, 0.4) is 0 Å². The Kier molecular flexibility index (Phi) is 6.97. The summed E-state index contributed by atoms with van der Waals surface area (Å²) in [6.07, 6.45) is 2.32. The van der Waals surface area contributed by atoms with Crippen LogP contribution in [0.15, 0.2) is 53.6 Å². The number of para-hydroxylation sites is 1. The quantitative estimate of drug-likeness (QED) is 0.328. The van der Waals surface area contributed by atoms with Crippen molar-refractivity contribution in [3.63, 3.8) is 0 Å². The average molecular weight is 410 g/mol. The largest absolute Gasteiger partial charge is 0.488 e. The highest BCUT2D eigenvalue weighted by atomic mass is 32.1. The van der Waals surface area contributed by atoms with Crippen molar-refractivity contribution >= 4 is 28.7 Å². The summed E-state index contributed by atoms with van der Waals surface area (Å²) in [7, 11) is 1.36. The minimum absolute atomic E-state index is 0.383. The first-order valence-corrected chi connectivity index (χ1v) is 10.1. The fraction of sp³-hybridized carbons (Fsp3) is 0.227. The van der Waals surface area contributed by atoms with Gasteiger partial charge in [0.25, 0.3) is 0 Å². The van der Waals surface area contributed by atoms with Crippen molar-refractivity contribution in [1.29, 1.82) is 0 Å². The van der Waals surface area contributed by atoms with Gasteiger partial charge in [-0.1, -0.05) is 60.2 Å². The number of rotatable bonds is 8. The predicted molar refractivity (Wildman–Crippen MR) is 116 cm³/mol. The van der Waals surface area contributed by atoms with Crippen molar-refractivity contribution in [2.45, 2.75) is 26.9 Å². The van der Waals surface area contributed by atoms with Gasteiger partial charge in [0, 0.05) is 5.56 Å². The lowest BCUT2D eigenvalue weighted by Crippen LogP contribution is -2.01. The third-order valence-electron chi connectivity index (χ3n) is 4.20. The normalized spacial score (nSPS) is 10.9. The SMILES string of the molecule is CCc1nc(N/N=C\c2ccccc2OCc2ccc(C)cc2)sc1C(=O)OC. The molecule has 1 heterocycles. The molecule has 0 aliphatic heterocycles. The summed E-state index contributed by atoms with van der Waals surface area (Å²) in [4.78, 5) is 16.7. The molecule has 0 atom stereocenters. The molecular weight excluding hydrogens is 386 g/mol. The van der Waals surface area contributed by atoms with Gasteiger partial charge in [0.1, 0.15) is 17.2 Å². The summed E-state index contributed by atoms with van der Waals surface area (Å²) in [5.41, 5.74) is 6.75. The van der Waals surface area contributed by atoms with Gasteiger partial charge in [-0.2, -0.15) is 5.10 Å². The van der Waals surface area contributed by atoms with E-state index in [0.29, 0.717) is 28.7 Å². The second-order valence-corrected chi connectivity index (χ2v) is 7.32. The highest BCUT2D eigenvalue weighted by Crippen LogP contribution is 2.24. The van der Waals surface area contributed by atoms with E-state index in [4.69, 9.17) is 9.47 Å². The molecule has 1 aromatic heterocycles. The standard InChI is InChI=1S/C22H23N3O3S/c1-4-18-20(21(26)27-3)29-22(24-18)25-23-13-17-7-5-6-8-19(17)28-14-16-11-9-15(2)10-12-16/h5-13H,4,14H2,1-3H3,(H,24,25)/b23-13-. The maximum atomic E-state index is 11.8. The molecule has 0 aliphatic carbocycles. The van der Waals surface area contributed by atoms with E-state index in [9.17, 15) is 4.79 Å². The van der Waals surface area contributed by atoms with Crippen molar-refractivity contribution in [3.05, 3.63) is 75.8 Å². The smallest absolute Gasteiger partial charge is 0.350 e. The third kappa shape index (κ3) is 5.42. The molecular formula is C22H23N3O3S. The van der Waals surface area contributed by atoms with Crippen molar-refractivity contribution in [3.8, 4) is 5.75 Å². The number of thiazole rings is 1. The van der Waals surface area contributed by atoms with Crippen LogP contribution in [0.2, 0.25) is 0 Å². The maximum Gasteiger partial charge on any atom is 0.350 e. The monoisotopic (exact) mass is 409 g/mol. The summed E-state index contributed by atoms with van der Waals surface area (Å²) in [5.74, 6) is 0.355. The Morgan fingerprint density at radius 1 is 1.21 bits per heavy atom. The number of hydrogen-bond acceptors (Lipinski definition) is 7. The van der Waals surface area contributed by atoms with Gasteiger partial charge in [0.2, 0.25) is 5.13 Å². The number of aromatic nitrogens is 1. The van der Waals surface area contributed by atoms with E-state index < -0.39 is 0 Å². The minimum atomic E-state index is -0.383. The molecule has 6 nitrogen and oxygen atoms in total. The summed E-state index contributed by atoms with van der Waals surface area (Å²) in [5, 5.41) is 4.79. The first-order chi connectivity index (χ1) is 14.1. The van der Waals surface area contributed by atoms with Gasteiger partial charge >= 0.3 is 5.97 Å². The predicted octanol–water partition coefficient (Wildman–Crippen LogP) is 4.83. The molecule has 3 aromatic rings. The molecule has 0 bridgehead atoms. The van der Waals surface area contributed by atoms with Gasteiger partial charge in [-0.15, -0.1) is 0 Å². The van der Waals surface area contributed by atoms with Crippen LogP contribution in [-0.4, -0.2) is 24.3 Å². The van der Waals surface area contributed by atoms with Crippen LogP contribution in [0.5, 0.6) is 5.75 Å². The molecule has 0 fully saturated rings. The molecule has 0 radical (unpaired) electrons. The molecule has 1 N–H and O–H groups in total. The molecule has 29 heavy (non-hydrogen) atoms. The summed E-state index contributed by atoms with van der Waals surface area (Å²) < 4.78 is 10.8. The van der Waals surface area contributed by atoms with Gasteiger partial charge in [-0.05, 0) is 31.0 Å². The molecule has 2 aromatic carbocycles. The Hall–Kier alpha value is -3.19. The van der Waals surface area contributed by atoms with Crippen LogP contribution < -0.4 is 10.2 Å². The van der Waals surface area contributed by atoms with Crippen molar-refractivity contribution < 1.29 is 14.3 Å². The fourth-order valence-electron chi connectivity index (χ4n) is 2.61. The van der Waals surface area contributed by atoms with Gasteiger partial charge < -0.3 is 9.47 Å². The van der Waals surface area contributed by atoms with Crippen LogP contribution in [0.25, 0.3) is 0 Å². The third-order valence-corrected chi connectivity index (χ3v) is 5.18. The van der Waals surface area contributed by atoms with Crippen LogP contribution in [-0.2, 0) is 17.8 Å². The van der Waals surface area contributed by atoms with E-state index in [0.717, 1.165) is 16.9 Å². The molecule has 0 saturated carbocycles. The number of aryl methyl sites for hydroxylation is 2. The summed E-state index contributed by atoms with van der Waals surface area (Å²) >= 11 is 1.22. The molecule has 3 rings (SSSR count). The number of benzene rings is 2. The number of hydrazone groups is 1. The highest BCUT2D eigenvalue weighted by molar-refractivity contribution is 7.17. The zero-order valence-corrected chi connectivity index (χ0v) is 17.5. The number of ether oxygens (including phenoxy) is 2. The highest BCUT2D eigenvalue weighted by Gasteiger charge is 2.17. The van der Waals surface area contributed by atoms with Crippen LogP contribution in [0, 0.1) is 6.92 Å². The Balaban J connectivity index is 1.67. The molecule has 7 heteroatoms. The zero-order chi connectivity index (χ0) is 20.6. The number of methoxy groups -OCH3 is 1. The molecule has 0 unspecified atom stereocenters. The molecule has 0 amide bonds. The maximum absolute atomic E-state index is 11.8. The first kappa shape index (κ1) is 20.5. The average Bonchev–Trinajstić information content (AvgIpc) is 3.17. The Labute approximate surface area is 174 Å².